The molecule has 0 aliphatic carbocycles. The number of nitriles is 1. The van der Waals surface area contributed by atoms with Gasteiger partial charge in [0.15, 0.2) is 6.61 Å². The number of aryl methyl sites for hydroxylation is 1. The van der Waals surface area contributed by atoms with Crippen LogP contribution < -0.4 is 5.32 Å². The third-order valence-corrected chi connectivity index (χ3v) is 3.61. The van der Waals surface area contributed by atoms with Gasteiger partial charge < -0.3 is 14.6 Å². The van der Waals surface area contributed by atoms with Gasteiger partial charge in [0.1, 0.15) is 11.6 Å². The van der Waals surface area contributed by atoms with E-state index in [0.29, 0.717) is 6.54 Å². The second-order valence-corrected chi connectivity index (χ2v) is 5.57. The van der Waals surface area contributed by atoms with Gasteiger partial charge in [-0.05, 0) is 44.4 Å². The van der Waals surface area contributed by atoms with Crippen molar-refractivity contribution in [2.45, 2.75) is 47.1 Å². The zero-order chi connectivity index (χ0) is 18.1. The number of hydrogen-bond acceptors (Lipinski definition) is 4. The Hall–Kier alpha value is -2.55. The number of ether oxygens (including phenoxy) is 1. The Bertz CT molecular complexity index is 666. The molecule has 0 saturated heterocycles. The first-order chi connectivity index (χ1) is 11.4. The van der Waals surface area contributed by atoms with E-state index in [0.717, 1.165) is 36.3 Å². The van der Waals surface area contributed by atoms with Gasteiger partial charge in [-0.15, -0.1) is 0 Å². The van der Waals surface area contributed by atoms with Crippen LogP contribution >= 0.6 is 0 Å². The van der Waals surface area contributed by atoms with Crippen molar-refractivity contribution < 1.29 is 14.3 Å². The summed E-state index contributed by atoms with van der Waals surface area (Å²) in [6, 6.07) is 3.78. The molecule has 1 rings (SSSR count). The summed E-state index contributed by atoms with van der Waals surface area (Å²) in [5.74, 6) is -1.16. The normalized spacial score (nSPS) is 11.0. The Kier molecular flexibility index (Phi) is 7.76. The van der Waals surface area contributed by atoms with Crippen LogP contribution in [0.25, 0.3) is 6.08 Å². The third-order valence-electron chi connectivity index (χ3n) is 3.61. The molecule has 0 radical (unpaired) electrons. The topological polar surface area (TPSA) is 84.1 Å². The van der Waals surface area contributed by atoms with Crippen LogP contribution in [0, 0.1) is 25.2 Å². The van der Waals surface area contributed by atoms with Crippen LogP contribution in [0.3, 0.4) is 0 Å². The number of nitrogens with zero attached hydrogens (tertiary/aromatic N) is 2. The summed E-state index contributed by atoms with van der Waals surface area (Å²) in [5, 5.41) is 11.8. The molecule has 6 nitrogen and oxygen atoms in total. The van der Waals surface area contributed by atoms with Crippen LogP contribution in [0.1, 0.15) is 43.6 Å². The summed E-state index contributed by atoms with van der Waals surface area (Å²) in [5.41, 5.74) is 2.76. The number of hydrogen-bond donors (Lipinski definition) is 1. The molecule has 0 bridgehead atoms. The van der Waals surface area contributed by atoms with Crippen LogP contribution in [-0.2, 0) is 20.9 Å². The number of carbonyl (C=O) groups is 2. The van der Waals surface area contributed by atoms with Crippen molar-refractivity contribution in [3.63, 3.8) is 0 Å². The van der Waals surface area contributed by atoms with E-state index in [9.17, 15) is 14.9 Å². The molecule has 24 heavy (non-hydrogen) atoms. The van der Waals surface area contributed by atoms with Crippen molar-refractivity contribution in [3.05, 3.63) is 28.6 Å². The number of nitrogens with one attached hydrogen (secondary N) is 1. The van der Waals surface area contributed by atoms with E-state index in [1.54, 1.807) is 0 Å². The average Bonchev–Trinajstić information content (AvgIpc) is 2.83. The quantitative estimate of drug-likeness (QED) is 0.450. The maximum Gasteiger partial charge on any atom is 0.349 e. The Balaban J connectivity index is 2.84. The molecule has 0 aromatic carbocycles. The minimum atomic E-state index is -0.788. The molecule has 0 unspecified atom stereocenters. The molecule has 0 aliphatic heterocycles. The molecular weight excluding hydrogens is 306 g/mol. The van der Waals surface area contributed by atoms with Crippen molar-refractivity contribution >= 4 is 18.0 Å². The molecule has 0 saturated carbocycles. The lowest BCUT2D eigenvalue weighted by Gasteiger charge is -2.07. The van der Waals surface area contributed by atoms with E-state index >= 15 is 0 Å². The molecule has 0 fully saturated rings. The molecule has 1 N–H and O–H groups in total. The second-order valence-electron chi connectivity index (χ2n) is 5.57. The zero-order valence-electron chi connectivity index (χ0n) is 14.8. The van der Waals surface area contributed by atoms with Gasteiger partial charge in [-0.1, -0.05) is 13.8 Å². The Morgan fingerprint density at radius 1 is 1.33 bits per heavy atom. The lowest BCUT2D eigenvalue weighted by Crippen LogP contribution is -2.29. The van der Waals surface area contributed by atoms with E-state index in [-0.39, 0.29) is 18.1 Å². The number of esters is 1. The van der Waals surface area contributed by atoms with Gasteiger partial charge in [0.2, 0.25) is 0 Å². The van der Waals surface area contributed by atoms with E-state index in [2.05, 4.69) is 16.8 Å². The van der Waals surface area contributed by atoms with Gasteiger partial charge in [0.25, 0.3) is 5.91 Å². The molecule has 1 aromatic rings. The monoisotopic (exact) mass is 331 g/mol. The van der Waals surface area contributed by atoms with Crippen molar-refractivity contribution in [3.8, 4) is 6.07 Å². The largest absolute Gasteiger partial charge is 0.451 e. The van der Waals surface area contributed by atoms with Crippen LogP contribution in [0.4, 0.5) is 0 Å². The summed E-state index contributed by atoms with van der Waals surface area (Å²) in [7, 11) is 0. The molecule has 1 heterocycles. The minimum absolute atomic E-state index is 0.116. The number of rotatable bonds is 8. The summed E-state index contributed by atoms with van der Waals surface area (Å²) in [6.07, 6.45) is 3.32. The first-order valence-electron chi connectivity index (χ1n) is 8.16. The maximum atomic E-state index is 12.0. The van der Waals surface area contributed by atoms with Crippen molar-refractivity contribution in [2.75, 3.05) is 13.2 Å². The lowest BCUT2D eigenvalue weighted by molar-refractivity contribution is -0.144. The summed E-state index contributed by atoms with van der Waals surface area (Å²) >= 11 is 0. The molecule has 6 heteroatoms. The fourth-order valence-electron chi connectivity index (χ4n) is 2.36. The number of carbonyl (C=O) groups excluding carboxylic acids is 2. The van der Waals surface area contributed by atoms with Gasteiger partial charge in [-0.2, -0.15) is 5.26 Å². The number of amides is 1. The van der Waals surface area contributed by atoms with Crippen LogP contribution in [0.15, 0.2) is 11.6 Å². The highest BCUT2D eigenvalue weighted by Crippen LogP contribution is 2.19. The van der Waals surface area contributed by atoms with Gasteiger partial charge >= 0.3 is 5.97 Å². The maximum absolute atomic E-state index is 12.0. The molecule has 130 valence electrons. The average molecular weight is 331 g/mol. The fourth-order valence-corrected chi connectivity index (χ4v) is 2.36. The SMILES string of the molecule is CCCNC(=O)COC(=O)/C(C#N)=C\c1cc(C)n(CCC)c1C. The fraction of sp³-hybridized carbons (Fsp3) is 0.500. The van der Waals surface area contributed by atoms with Crippen LogP contribution in [-0.4, -0.2) is 29.6 Å². The Labute approximate surface area is 143 Å². The first-order valence-corrected chi connectivity index (χ1v) is 8.16. The Morgan fingerprint density at radius 2 is 2.04 bits per heavy atom. The predicted molar refractivity (Wildman–Crippen MR) is 92.0 cm³/mol. The third kappa shape index (κ3) is 5.27. The summed E-state index contributed by atoms with van der Waals surface area (Å²) < 4.78 is 7.05. The van der Waals surface area contributed by atoms with Crippen molar-refractivity contribution in [2.24, 2.45) is 0 Å². The molecule has 0 atom stereocenters. The van der Waals surface area contributed by atoms with Crippen molar-refractivity contribution in [1.29, 1.82) is 5.26 Å². The van der Waals surface area contributed by atoms with E-state index in [1.807, 2.05) is 32.9 Å². The van der Waals surface area contributed by atoms with E-state index in [4.69, 9.17) is 4.74 Å². The molecule has 0 aliphatic rings. The van der Waals surface area contributed by atoms with Gasteiger partial charge in [0, 0.05) is 24.5 Å². The molecule has 0 spiro atoms. The zero-order valence-corrected chi connectivity index (χ0v) is 14.8. The summed E-state index contributed by atoms with van der Waals surface area (Å²) in [6.45, 7) is 8.99. The predicted octanol–water partition coefficient (Wildman–Crippen LogP) is 2.49. The smallest absolute Gasteiger partial charge is 0.349 e. The molecule has 1 aromatic heterocycles. The number of aromatic nitrogens is 1. The van der Waals surface area contributed by atoms with Gasteiger partial charge in [0.05, 0.1) is 0 Å². The van der Waals surface area contributed by atoms with Crippen LogP contribution in [0.2, 0.25) is 0 Å². The van der Waals surface area contributed by atoms with E-state index < -0.39 is 5.97 Å². The van der Waals surface area contributed by atoms with Crippen molar-refractivity contribution in [1.82, 2.24) is 9.88 Å². The van der Waals surface area contributed by atoms with E-state index in [1.165, 1.54) is 6.08 Å². The lowest BCUT2D eigenvalue weighted by atomic mass is 10.1. The van der Waals surface area contributed by atoms with Gasteiger partial charge in [-0.25, -0.2) is 4.79 Å². The highest BCUT2D eigenvalue weighted by atomic mass is 16.5. The van der Waals surface area contributed by atoms with Crippen LogP contribution in [0.5, 0.6) is 0 Å². The first kappa shape index (κ1) is 19.5. The van der Waals surface area contributed by atoms with Gasteiger partial charge in [-0.3, -0.25) is 4.79 Å². The summed E-state index contributed by atoms with van der Waals surface area (Å²) in [4.78, 5) is 23.4. The Morgan fingerprint density at radius 3 is 2.62 bits per heavy atom. The second kappa shape index (κ2) is 9.56. The molecule has 1 amide bonds. The highest BCUT2D eigenvalue weighted by molar-refractivity contribution is 5.99. The minimum Gasteiger partial charge on any atom is -0.451 e. The standard InChI is InChI=1S/C18H25N3O3/c1-5-7-20-17(22)12-24-18(23)16(11-19)10-15-9-13(3)21(8-6-2)14(15)4/h9-10H,5-8,12H2,1-4H3,(H,20,22)/b16-10-. The molecular formula is C18H25N3O3. The highest BCUT2D eigenvalue weighted by Gasteiger charge is 2.15.